The molecule has 0 saturated heterocycles. The fourth-order valence-corrected chi connectivity index (χ4v) is 3.48. The summed E-state index contributed by atoms with van der Waals surface area (Å²) >= 11 is 0. The number of carbonyl (C=O) groups is 1. The Hall–Kier alpha value is -2.89. The van der Waals surface area contributed by atoms with Gasteiger partial charge < -0.3 is 13.9 Å². The average molecular weight is 364 g/mol. The number of carbonyl (C=O) groups excluding carboxylic acids is 1. The van der Waals surface area contributed by atoms with Gasteiger partial charge in [-0.3, -0.25) is 4.79 Å². The van der Waals surface area contributed by atoms with E-state index in [1.54, 1.807) is 6.20 Å². The van der Waals surface area contributed by atoms with Crippen LogP contribution in [0.2, 0.25) is 0 Å². The van der Waals surface area contributed by atoms with Crippen molar-refractivity contribution in [1.82, 2.24) is 19.4 Å². The molecule has 1 aliphatic rings. The Labute approximate surface area is 158 Å². The summed E-state index contributed by atoms with van der Waals surface area (Å²) in [5, 5.41) is 0. The van der Waals surface area contributed by atoms with E-state index in [0.717, 1.165) is 42.4 Å². The lowest BCUT2D eigenvalue weighted by Crippen LogP contribution is -2.36. The van der Waals surface area contributed by atoms with Crippen LogP contribution in [0, 0.1) is 6.92 Å². The zero-order valence-electron chi connectivity index (χ0n) is 15.6. The molecule has 6 nitrogen and oxygen atoms in total. The highest BCUT2D eigenvalue weighted by atomic mass is 16.4. The van der Waals surface area contributed by atoms with Crippen molar-refractivity contribution in [2.24, 2.45) is 0 Å². The lowest BCUT2D eigenvalue weighted by Gasteiger charge is -2.25. The smallest absolute Gasteiger partial charge is 0.224 e. The Morgan fingerprint density at radius 3 is 2.85 bits per heavy atom. The SMILES string of the molecule is Cc1nccn1CCC(=O)N1CCc2oc(CCc3ccccc3)nc2C1. The van der Waals surface area contributed by atoms with Gasteiger partial charge in [-0.15, -0.1) is 0 Å². The van der Waals surface area contributed by atoms with Gasteiger partial charge in [-0.25, -0.2) is 9.97 Å². The molecule has 3 heterocycles. The van der Waals surface area contributed by atoms with E-state index in [1.165, 1.54) is 5.56 Å². The van der Waals surface area contributed by atoms with Crippen molar-refractivity contribution in [2.45, 2.75) is 45.7 Å². The highest BCUT2D eigenvalue weighted by Crippen LogP contribution is 2.21. The number of fused-ring (bicyclic) bond motifs is 1. The fraction of sp³-hybridized carbons (Fsp3) is 0.381. The van der Waals surface area contributed by atoms with Crippen LogP contribution < -0.4 is 0 Å². The molecule has 1 aliphatic heterocycles. The van der Waals surface area contributed by atoms with Crippen LogP contribution in [0.4, 0.5) is 0 Å². The Balaban J connectivity index is 1.33. The summed E-state index contributed by atoms with van der Waals surface area (Å²) in [6.45, 7) is 3.85. The fourth-order valence-electron chi connectivity index (χ4n) is 3.48. The van der Waals surface area contributed by atoms with Gasteiger partial charge in [-0.2, -0.15) is 0 Å². The number of imidazole rings is 1. The number of hydrogen-bond acceptors (Lipinski definition) is 4. The third kappa shape index (κ3) is 4.10. The van der Waals surface area contributed by atoms with Crippen LogP contribution in [-0.2, 0) is 37.1 Å². The Kier molecular flexibility index (Phi) is 5.05. The number of oxazole rings is 1. The van der Waals surface area contributed by atoms with Crippen molar-refractivity contribution in [2.75, 3.05) is 6.54 Å². The molecule has 2 aromatic heterocycles. The second-order valence-corrected chi connectivity index (χ2v) is 6.95. The van der Waals surface area contributed by atoms with Crippen LogP contribution in [-0.4, -0.2) is 31.9 Å². The molecule has 0 N–H and O–H groups in total. The third-order valence-electron chi connectivity index (χ3n) is 5.09. The maximum atomic E-state index is 12.6. The lowest BCUT2D eigenvalue weighted by atomic mass is 10.1. The van der Waals surface area contributed by atoms with Crippen LogP contribution in [0.15, 0.2) is 47.1 Å². The zero-order chi connectivity index (χ0) is 18.6. The van der Waals surface area contributed by atoms with Crippen molar-refractivity contribution in [1.29, 1.82) is 0 Å². The topological polar surface area (TPSA) is 64.2 Å². The van der Waals surface area contributed by atoms with Crippen LogP contribution in [0.25, 0.3) is 0 Å². The minimum Gasteiger partial charge on any atom is -0.445 e. The number of aryl methyl sites for hydroxylation is 4. The quantitative estimate of drug-likeness (QED) is 0.675. The van der Waals surface area contributed by atoms with Crippen molar-refractivity contribution in [3.8, 4) is 0 Å². The van der Waals surface area contributed by atoms with Gasteiger partial charge >= 0.3 is 0 Å². The maximum Gasteiger partial charge on any atom is 0.224 e. The number of benzene rings is 1. The number of nitrogens with zero attached hydrogens (tertiary/aromatic N) is 4. The van der Waals surface area contributed by atoms with E-state index in [4.69, 9.17) is 4.42 Å². The van der Waals surface area contributed by atoms with Gasteiger partial charge in [-0.05, 0) is 18.9 Å². The summed E-state index contributed by atoms with van der Waals surface area (Å²) in [4.78, 5) is 23.3. The Morgan fingerprint density at radius 2 is 2.07 bits per heavy atom. The molecule has 0 saturated carbocycles. The number of amides is 1. The van der Waals surface area contributed by atoms with Crippen LogP contribution in [0.3, 0.4) is 0 Å². The number of aromatic nitrogens is 3. The van der Waals surface area contributed by atoms with Gasteiger partial charge in [0.05, 0.1) is 6.54 Å². The normalized spacial score (nSPS) is 13.6. The molecular formula is C21H24N4O2. The predicted octanol–water partition coefficient (Wildman–Crippen LogP) is 2.94. The molecule has 1 aromatic carbocycles. The van der Waals surface area contributed by atoms with E-state index in [9.17, 15) is 4.79 Å². The molecule has 140 valence electrons. The standard InChI is InChI=1S/C21H24N4O2/c1-16-22-11-14-24(16)13-10-21(26)25-12-9-19-18(15-25)23-20(27-19)8-7-17-5-3-2-4-6-17/h2-6,11,14H,7-10,12-13,15H2,1H3. The molecule has 0 spiro atoms. The maximum absolute atomic E-state index is 12.6. The average Bonchev–Trinajstić information content (AvgIpc) is 3.30. The van der Waals surface area contributed by atoms with E-state index < -0.39 is 0 Å². The Bertz CT molecular complexity index is 913. The van der Waals surface area contributed by atoms with Crippen LogP contribution >= 0.6 is 0 Å². The van der Waals surface area contributed by atoms with Crippen molar-refractivity contribution >= 4 is 5.91 Å². The predicted molar refractivity (Wildman–Crippen MR) is 101 cm³/mol. The summed E-state index contributed by atoms with van der Waals surface area (Å²) < 4.78 is 7.93. The monoisotopic (exact) mass is 364 g/mol. The number of hydrogen-bond donors (Lipinski definition) is 0. The molecule has 27 heavy (non-hydrogen) atoms. The number of rotatable bonds is 6. The first-order chi connectivity index (χ1) is 13.2. The molecule has 3 aromatic rings. The summed E-state index contributed by atoms with van der Waals surface area (Å²) in [6.07, 6.45) is 6.58. The second kappa shape index (κ2) is 7.78. The first-order valence-electron chi connectivity index (χ1n) is 9.46. The molecule has 0 radical (unpaired) electrons. The van der Waals surface area contributed by atoms with Gasteiger partial charge in [0.2, 0.25) is 5.91 Å². The first-order valence-corrected chi connectivity index (χ1v) is 9.46. The highest BCUT2D eigenvalue weighted by molar-refractivity contribution is 5.76. The molecule has 1 amide bonds. The van der Waals surface area contributed by atoms with E-state index in [1.807, 2.05) is 40.8 Å². The van der Waals surface area contributed by atoms with Gasteiger partial charge in [0.25, 0.3) is 0 Å². The molecule has 0 fully saturated rings. The van der Waals surface area contributed by atoms with Crippen LogP contribution in [0.1, 0.15) is 35.2 Å². The van der Waals surface area contributed by atoms with E-state index in [2.05, 4.69) is 22.1 Å². The highest BCUT2D eigenvalue weighted by Gasteiger charge is 2.25. The molecule has 0 aliphatic carbocycles. The van der Waals surface area contributed by atoms with Gasteiger partial charge in [0.15, 0.2) is 5.89 Å². The molecule has 6 heteroatoms. The Morgan fingerprint density at radius 1 is 1.22 bits per heavy atom. The zero-order valence-corrected chi connectivity index (χ0v) is 15.6. The molecule has 4 rings (SSSR count). The summed E-state index contributed by atoms with van der Waals surface area (Å²) in [5.74, 6) is 2.80. The molecular weight excluding hydrogens is 340 g/mol. The second-order valence-electron chi connectivity index (χ2n) is 6.95. The minimum absolute atomic E-state index is 0.155. The molecule has 0 unspecified atom stereocenters. The largest absolute Gasteiger partial charge is 0.445 e. The van der Waals surface area contributed by atoms with Crippen molar-refractivity contribution < 1.29 is 9.21 Å². The third-order valence-corrected chi connectivity index (χ3v) is 5.09. The van der Waals surface area contributed by atoms with Gasteiger partial charge in [0, 0.05) is 44.7 Å². The van der Waals surface area contributed by atoms with Gasteiger partial charge in [0.1, 0.15) is 17.3 Å². The summed E-state index contributed by atoms with van der Waals surface area (Å²) in [6, 6.07) is 10.3. The summed E-state index contributed by atoms with van der Waals surface area (Å²) in [7, 11) is 0. The van der Waals surface area contributed by atoms with E-state index in [-0.39, 0.29) is 5.91 Å². The lowest BCUT2D eigenvalue weighted by molar-refractivity contribution is -0.132. The van der Waals surface area contributed by atoms with E-state index in [0.29, 0.717) is 26.1 Å². The van der Waals surface area contributed by atoms with Crippen LogP contribution in [0.5, 0.6) is 0 Å². The molecule has 0 atom stereocenters. The van der Waals surface area contributed by atoms with Gasteiger partial charge in [-0.1, -0.05) is 30.3 Å². The summed E-state index contributed by atoms with van der Waals surface area (Å²) in [5.41, 5.74) is 2.19. The van der Waals surface area contributed by atoms with Crippen molar-refractivity contribution in [3.05, 3.63) is 71.5 Å². The molecule has 0 bridgehead atoms. The van der Waals surface area contributed by atoms with E-state index >= 15 is 0 Å². The minimum atomic E-state index is 0.155. The van der Waals surface area contributed by atoms with Crippen molar-refractivity contribution in [3.63, 3.8) is 0 Å². The first kappa shape index (κ1) is 17.5.